The molecule has 0 aliphatic carbocycles. The Morgan fingerprint density at radius 2 is 1.59 bits per heavy atom. The van der Waals surface area contributed by atoms with Gasteiger partial charge in [-0.3, -0.25) is 9.10 Å². The lowest BCUT2D eigenvalue weighted by atomic mass is 10.1. The molecule has 0 unspecified atom stereocenters. The van der Waals surface area contributed by atoms with Crippen LogP contribution in [0.1, 0.15) is 6.92 Å². The highest BCUT2D eigenvalue weighted by molar-refractivity contribution is 7.92. The maximum Gasteiger partial charge on any atom is 0.247 e. The number of hydrogen-bond acceptors (Lipinski definition) is 4. The number of nitrogens with one attached hydrogen (secondary N) is 1. The van der Waals surface area contributed by atoms with Gasteiger partial charge >= 0.3 is 0 Å². The molecule has 6 nitrogen and oxygen atoms in total. The van der Waals surface area contributed by atoms with Crippen molar-refractivity contribution in [2.45, 2.75) is 13.0 Å². The molecule has 0 spiro atoms. The Bertz CT molecular complexity index is 1300. The summed E-state index contributed by atoms with van der Waals surface area (Å²) in [5, 5.41) is 4.75. The molecule has 7 heteroatoms. The van der Waals surface area contributed by atoms with Crippen LogP contribution in [0.25, 0.3) is 21.9 Å². The molecule has 0 saturated heterocycles. The number of rotatable bonds is 5. The van der Waals surface area contributed by atoms with Crippen molar-refractivity contribution >= 4 is 49.2 Å². The predicted octanol–water partition coefficient (Wildman–Crippen LogP) is 4.38. The number of anilines is 2. The van der Waals surface area contributed by atoms with Crippen LogP contribution in [0.3, 0.4) is 0 Å². The second kappa shape index (κ2) is 7.25. The van der Waals surface area contributed by atoms with Crippen LogP contribution in [-0.2, 0) is 14.8 Å². The summed E-state index contributed by atoms with van der Waals surface area (Å²) in [6.07, 6.45) is 1.09. The third-order valence-corrected chi connectivity index (χ3v) is 5.99. The molecule has 1 heterocycles. The van der Waals surface area contributed by atoms with E-state index in [1.807, 2.05) is 30.3 Å². The molecule has 0 saturated carbocycles. The van der Waals surface area contributed by atoms with Gasteiger partial charge in [0.25, 0.3) is 0 Å². The van der Waals surface area contributed by atoms with Crippen LogP contribution in [0.5, 0.6) is 0 Å². The van der Waals surface area contributed by atoms with Crippen molar-refractivity contribution in [3.63, 3.8) is 0 Å². The topological polar surface area (TPSA) is 79.6 Å². The van der Waals surface area contributed by atoms with Crippen LogP contribution in [0, 0.1) is 0 Å². The number of carbonyl (C=O) groups excluding carboxylic acids is 1. The van der Waals surface area contributed by atoms with Gasteiger partial charge < -0.3 is 9.73 Å². The molecule has 29 heavy (non-hydrogen) atoms. The summed E-state index contributed by atoms with van der Waals surface area (Å²) in [5.74, 6) is -0.435. The minimum Gasteiger partial charge on any atom is -0.456 e. The third-order valence-electron chi connectivity index (χ3n) is 4.75. The summed E-state index contributed by atoms with van der Waals surface area (Å²) >= 11 is 0. The van der Waals surface area contributed by atoms with E-state index in [9.17, 15) is 13.2 Å². The first-order valence-electron chi connectivity index (χ1n) is 9.11. The van der Waals surface area contributed by atoms with Gasteiger partial charge in [0.2, 0.25) is 15.9 Å². The van der Waals surface area contributed by atoms with E-state index >= 15 is 0 Å². The summed E-state index contributed by atoms with van der Waals surface area (Å²) in [5.41, 5.74) is 2.40. The molecular formula is C22H20N2O4S. The number of sulfonamides is 1. The zero-order valence-electron chi connectivity index (χ0n) is 16.0. The third kappa shape index (κ3) is 3.69. The van der Waals surface area contributed by atoms with Crippen LogP contribution in [0.4, 0.5) is 11.4 Å². The van der Waals surface area contributed by atoms with E-state index in [2.05, 4.69) is 5.32 Å². The Hall–Kier alpha value is -3.32. The van der Waals surface area contributed by atoms with E-state index in [0.29, 0.717) is 17.0 Å². The van der Waals surface area contributed by atoms with E-state index in [0.717, 1.165) is 26.9 Å². The number of carbonyl (C=O) groups is 1. The van der Waals surface area contributed by atoms with Gasteiger partial charge in [0.15, 0.2) is 0 Å². The van der Waals surface area contributed by atoms with Crippen LogP contribution in [0.2, 0.25) is 0 Å². The molecule has 4 aromatic rings. The lowest BCUT2D eigenvalue weighted by Crippen LogP contribution is -2.45. The molecule has 0 fully saturated rings. The molecule has 1 amide bonds. The fourth-order valence-electron chi connectivity index (χ4n) is 3.43. The molecule has 0 radical (unpaired) electrons. The standard InChI is InChI=1S/C22H20N2O4S/c1-15(24(29(2,26)27)17-8-4-3-5-9-17)22(25)23-16-12-13-19-18-10-6-7-11-20(18)28-21(19)14-16/h3-15H,1-2H3,(H,23,25)/t15-/m1/s1. The first kappa shape index (κ1) is 19.0. The molecule has 1 N–H and O–H groups in total. The number of fused-ring (bicyclic) bond motifs is 3. The van der Waals surface area contributed by atoms with Crippen molar-refractivity contribution in [3.8, 4) is 0 Å². The van der Waals surface area contributed by atoms with Crippen molar-refractivity contribution < 1.29 is 17.6 Å². The Balaban J connectivity index is 1.63. The van der Waals surface area contributed by atoms with Crippen LogP contribution in [-0.4, -0.2) is 26.6 Å². The van der Waals surface area contributed by atoms with E-state index in [1.165, 1.54) is 0 Å². The maximum atomic E-state index is 12.8. The second-order valence-electron chi connectivity index (χ2n) is 6.87. The normalized spacial score (nSPS) is 12.8. The van der Waals surface area contributed by atoms with Gasteiger partial charge in [-0.05, 0) is 37.3 Å². The summed E-state index contributed by atoms with van der Waals surface area (Å²) in [6, 6.07) is 20.7. The van der Waals surface area contributed by atoms with Crippen molar-refractivity contribution in [2.24, 2.45) is 0 Å². The minimum absolute atomic E-state index is 0.435. The highest BCUT2D eigenvalue weighted by Gasteiger charge is 2.29. The van der Waals surface area contributed by atoms with Crippen molar-refractivity contribution in [1.29, 1.82) is 0 Å². The molecule has 1 atom stereocenters. The highest BCUT2D eigenvalue weighted by atomic mass is 32.2. The number of amides is 1. The summed E-state index contributed by atoms with van der Waals surface area (Å²) in [7, 11) is -3.65. The number of benzene rings is 3. The van der Waals surface area contributed by atoms with E-state index in [4.69, 9.17) is 4.42 Å². The molecule has 0 aliphatic rings. The number of nitrogens with zero attached hydrogens (tertiary/aromatic N) is 1. The molecule has 0 bridgehead atoms. The monoisotopic (exact) mass is 408 g/mol. The van der Waals surface area contributed by atoms with Crippen molar-refractivity contribution in [2.75, 3.05) is 15.9 Å². The summed E-state index contributed by atoms with van der Waals surface area (Å²) in [4.78, 5) is 12.8. The SMILES string of the molecule is C[C@H](C(=O)Nc1ccc2c(c1)oc1ccccc12)N(c1ccccc1)S(C)(=O)=O. The molecule has 4 rings (SSSR count). The molecule has 3 aromatic carbocycles. The first-order valence-corrected chi connectivity index (χ1v) is 11.0. The largest absolute Gasteiger partial charge is 0.456 e. The quantitative estimate of drug-likeness (QED) is 0.531. The van der Waals surface area contributed by atoms with Gasteiger partial charge in [0.1, 0.15) is 17.2 Å². The summed E-state index contributed by atoms with van der Waals surface area (Å²) in [6.45, 7) is 1.56. The molecular weight excluding hydrogens is 388 g/mol. The van der Waals surface area contributed by atoms with Gasteiger partial charge in [-0.25, -0.2) is 8.42 Å². The Kier molecular flexibility index (Phi) is 4.76. The van der Waals surface area contributed by atoms with Crippen LogP contribution >= 0.6 is 0 Å². The number of hydrogen-bond donors (Lipinski definition) is 1. The molecule has 0 aliphatic heterocycles. The molecule has 148 valence electrons. The lowest BCUT2D eigenvalue weighted by Gasteiger charge is -2.28. The minimum atomic E-state index is -3.65. The number of furan rings is 1. The van der Waals surface area contributed by atoms with Crippen molar-refractivity contribution in [3.05, 3.63) is 72.8 Å². The predicted molar refractivity (Wildman–Crippen MR) is 116 cm³/mol. The van der Waals surface area contributed by atoms with E-state index < -0.39 is 22.0 Å². The van der Waals surface area contributed by atoms with Crippen molar-refractivity contribution in [1.82, 2.24) is 0 Å². The van der Waals surface area contributed by atoms with Gasteiger partial charge in [-0.2, -0.15) is 0 Å². The Labute approximate surface area is 168 Å². The second-order valence-corrected chi connectivity index (χ2v) is 8.73. The van der Waals surface area contributed by atoms with Gasteiger partial charge in [0.05, 0.1) is 11.9 Å². The van der Waals surface area contributed by atoms with Crippen LogP contribution in [0.15, 0.2) is 77.2 Å². The Morgan fingerprint density at radius 3 is 2.31 bits per heavy atom. The Morgan fingerprint density at radius 1 is 0.931 bits per heavy atom. The fourth-order valence-corrected chi connectivity index (χ4v) is 4.61. The van der Waals surface area contributed by atoms with Crippen LogP contribution < -0.4 is 9.62 Å². The zero-order chi connectivity index (χ0) is 20.6. The maximum absolute atomic E-state index is 12.8. The van der Waals surface area contributed by atoms with Gasteiger partial charge in [0, 0.05) is 22.5 Å². The molecule has 1 aromatic heterocycles. The van der Waals surface area contributed by atoms with E-state index in [1.54, 1.807) is 49.4 Å². The zero-order valence-corrected chi connectivity index (χ0v) is 16.8. The highest BCUT2D eigenvalue weighted by Crippen LogP contribution is 2.30. The van der Waals surface area contributed by atoms with E-state index in [-0.39, 0.29) is 0 Å². The van der Waals surface area contributed by atoms with Gasteiger partial charge in [-0.1, -0.05) is 36.4 Å². The first-order chi connectivity index (χ1) is 13.8. The smallest absolute Gasteiger partial charge is 0.247 e. The fraction of sp³-hybridized carbons (Fsp3) is 0.136. The number of para-hydroxylation sites is 2. The van der Waals surface area contributed by atoms with Gasteiger partial charge in [-0.15, -0.1) is 0 Å². The lowest BCUT2D eigenvalue weighted by molar-refractivity contribution is -0.116. The summed E-state index contributed by atoms with van der Waals surface area (Å²) < 4.78 is 31.6. The average molecular weight is 408 g/mol. The average Bonchev–Trinajstić information content (AvgIpc) is 3.05.